The Balaban J connectivity index is 0.0000000855. The maximum Gasteiger partial charge on any atom is 0.0907 e. The Labute approximate surface area is 879 Å². The lowest BCUT2D eigenvalue weighted by Crippen LogP contribution is -2.32. The quantitative estimate of drug-likeness (QED) is 0.0251. The second-order valence-electron chi connectivity index (χ2n) is 54.8. The second-order valence-corrected chi connectivity index (χ2v) is 54.8. The summed E-state index contributed by atoms with van der Waals surface area (Å²) in [5, 5.41) is 0. The van der Waals surface area contributed by atoms with Gasteiger partial charge in [0.05, 0.1) is 25.1 Å². The van der Waals surface area contributed by atoms with Crippen molar-refractivity contribution in [3.8, 4) is 0 Å². The van der Waals surface area contributed by atoms with Crippen LogP contribution in [0.3, 0.4) is 0 Å². The largest absolute Gasteiger partial charge is 0.499 e. The molecule has 18 fully saturated rings. The summed E-state index contributed by atoms with van der Waals surface area (Å²) in [7, 11) is 0. The lowest BCUT2D eigenvalue weighted by atomic mass is 9.67. The number of ether oxygens (including phenoxy) is 2. The minimum absolute atomic E-state index is 0.472. The maximum absolute atomic E-state index is 5.97. The summed E-state index contributed by atoms with van der Waals surface area (Å²) in [6.45, 7) is 7.52. The molecule has 0 saturated heterocycles. The van der Waals surface area contributed by atoms with Gasteiger partial charge in [0, 0.05) is 5.92 Å². The average molecular weight is 1940 g/mol. The number of fused-ring (bicyclic) bond motifs is 46. The van der Waals surface area contributed by atoms with Gasteiger partial charge in [-0.1, -0.05) is 357 Å². The van der Waals surface area contributed by atoms with Crippen LogP contribution in [0.15, 0.2) is 286 Å². The van der Waals surface area contributed by atoms with Crippen LogP contribution in [-0.2, 0) is 41.8 Å². The van der Waals surface area contributed by atoms with E-state index in [1.807, 2.05) is 13.0 Å². The lowest BCUT2D eigenvalue weighted by molar-refractivity contribution is 0.0245. The van der Waals surface area contributed by atoms with E-state index in [-0.39, 0.29) is 0 Å². The Morgan fingerprint density at radius 3 is 1.01 bits per heavy atom. The van der Waals surface area contributed by atoms with Gasteiger partial charge in [0.25, 0.3) is 0 Å². The zero-order chi connectivity index (χ0) is 96.6. The monoisotopic (exact) mass is 1940 g/mol. The van der Waals surface area contributed by atoms with Gasteiger partial charge in [-0.25, -0.2) is 0 Å². The molecule has 40 unspecified atom stereocenters. The molecule has 40 atom stereocenters. The number of allylic oxidation sites excluding steroid dienone is 20. The summed E-state index contributed by atoms with van der Waals surface area (Å²) < 4.78 is 11.7. The van der Waals surface area contributed by atoms with Crippen molar-refractivity contribution in [2.24, 2.45) is 254 Å². The summed E-state index contributed by atoms with van der Waals surface area (Å²) in [6.07, 6.45) is 115. The predicted octanol–water partition coefficient (Wildman–Crippen LogP) is 36.0. The Kier molecular flexibility index (Phi) is 31.0. The van der Waals surface area contributed by atoms with Gasteiger partial charge in [-0.05, 0) is 489 Å². The third-order valence-electron chi connectivity index (χ3n) is 46.7. The van der Waals surface area contributed by atoms with Crippen molar-refractivity contribution in [2.75, 3.05) is 6.61 Å². The van der Waals surface area contributed by atoms with Crippen LogP contribution >= 0.6 is 0 Å². The minimum Gasteiger partial charge on any atom is -0.499 e. The standard InChI is InChI=1S/C20H30.C19H28.C17H22.C16H22O.C16H20.C15H18.C14H16O.C14H16.C12H14/c1-2-4-13(5-3-1)6-7-14-10-17-12-18(14)20-16-9-8-15(11-16)19(17)20;1-2-4-12(5-3-1)8-15-10-16-11-17(15)19-14-7-6-13(9-14)18(16)19;1-2-6-14(7-3-1)8-4-5-9-16-12-15-10-11-17(16)13-15;1-9(2)17-8-13-6-12-7-14(13)16-11-4-3-10(5-11)15(12)16;1-2-5-13(6-3-1)7-4-8-15-11-14-9-10-16(15)12-14;1-2-4-12(5-3-1)6-8-14-10-13-7-9-15(14)11-13;1-2-4-11(5-3-1)10-15-14-9-12-6-7-13(14)8-12;1-2-4-11(5-3-1)8-14-10-12-6-7-13(14)9-12;1-2-8-5-7(1)11-9-3-4-10(6-9)12(8)11/h8-9,13-20H,1-7,10-12H2;6-7,12-19H,1-5,8-11H2;1-3,6-7,10-11,15-17H,4-5,8-9,12-13H2;3-4,10-16H,1,5-8H2,2H3;1-3,5-6,9-10,14-16H,4,7-8,11-12H2;1-5,7,9,13-15H,6,8,10-11H2;1-7,12-14H,8-10H2;1-7,12-14H,8-10H2;1-4,7-12H,5-6H2. The number of hydrogen-bond donors (Lipinski definition) is 0. The normalized spacial score (nSPS) is 42.9. The van der Waals surface area contributed by atoms with E-state index >= 15 is 0 Å². The van der Waals surface area contributed by atoms with Crippen molar-refractivity contribution in [3.63, 3.8) is 0 Å². The molecule has 0 radical (unpaired) electrons. The van der Waals surface area contributed by atoms with Gasteiger partial charge in [-0.15, -0.1) is 0 Å². The molecular weight excluding hydrogens is 1750 g/mol. The Hall–Kier alpha value is -7.00. The molecule has 28 aliphatic carbocycles. The number of rotatable bonds is 25. The molecule has 28 aliphatic rings. The van der Waals surface area contributed by atoms with E-state index in [1.54, 1.807) is 77.0 Å². The number of benzene rings is 5. The molecule has 33 rings (SSSR count). The first-order valence-corrected chi connectivity index (χ1v) is 62.5. The van der Waals surface area contributed by atoms with Gasteiger partial charge >= 0.3 is 0 Å². The van der Waals surface area contributed by atoms with Crippen LogP contribution in [0.25, 0.3) is 0 Å². The van der Waals surface area contributed by atoms with E-state index in [4.69, 9.17) is 9.47 Å². The van der Waals surface area contributed by atoms with E-state index in [9.17, 15) is 0 Å². The van der Waals surface area contributed by atoms with Gasteiger partial charge in [0.1, 0.15) is 0 Å². The fraction of sp³-hybridized carbons (Fsp3) is 0.636. The minimum atomic E-state index is 0.472. The van der Waals surface area contributed by atoms with E-state index in [0.717, 1.165) is 268 Å². The van der Waals surface area contributed by atoms with E-state index < -0.39 is 0 Å². The Morgan fingerprint density at radius 2 is 0.593 bits per heavy atom. The highest BCUT2D eigenvalue weighted by atomic mass is 16.5. The first-order chi connectivity index (χ1) is 71.5. The molecule has 2 heteroatoms. The van der Waals surface area contributed by atoms with Gasteiger partial charge < -0.3 is 9.47 Å². The van der Waals surface area contributed by atoms with Crippen LogP contribution in [0, 0.1) is 254 Å². The van der Waals surface area contributed by atoms with Gasteiger partial charge in [-0.2, -0.15) is 0 Å². The van der Waals surface area contributed by atoms with Crippen molar-refractivity contribution >= 4 is 0 Å². The third kappa shape index (κ3) is 22.1. The average Bonchev–Trinajstić information content (AvgIpc) is 1.58. The highest BCUT2D eigenvalue weighted by molar-refractivity contribution is 5.30. The van der Waals surface area contributed by atoms with Gasteiger partial charge in [-0.3, -0.25) is 0 Å². The van der Waals surface area contributed by atoms with Crippen molar-refractivity contribution in [1.82, 2.24) is 0 Å². The Morgan fingerprint density at radius 1 is 0.248 bits per heavy atom. The summed E-state index contributed by atoms with van der Waals surface area (Å²) in [5.74, 6) is 44.1. The molecule has 18 saturated carbocycles. The van der Waals surface area contributed by atoms with Crippen molar-refractivity contribution in [3.05, 3.63) is 313 Å². The van der Waals surface area contributed by atoms with Crippen molar-refractivity contribution in [1.29, 1.82) is 0 Å². The second kappa shape index (κ2) is 45.5. The molecule has 770 valence electrons. The predicted molar refractivity (Wildman–Crippen MR) is 603 cm³/mol. The van der Waals surface area contributed by atoms with Gasteiger partial charge in [0.2, 0.25) is 0 Å². The molecule has 145 heavy (non-hydrogen) atoms. The van der Waals surface area contributed by atoms with Gasteiger partial charge in [0.15, 0.2) is 0 Å². The maximum atomic E-state index is 5.97. The molecule has 0 spiro atoms. The zero-order valence-corrected chi connectivity index (χ0v) is 89.4. The molecule has 0 N–H and O–H groups in total. The van der Waals surface area contributed by atoms with E-state index in [1.165, 1.54) is 233 Å². The van der Waals surface area contributed by atoms with E-state index in [2.05, 4.69) is 274 Å². The van der Waals surface area contributed by atoms with Crippen LogP contribution in [0.5, 0.6) is 0 Å². The fourth-order valence-corrected chi connectivity index (χ4v) is 40.7. The first kappa shape index (κ1) is 98.7. The third-order valence-corrected chi connectivity index (χ3v) is 46.7. The van der Waals surface area contributed by atoms with Crippen LogP contribution in [0.2, 0.25) is 0 Å². The molecule has 0 amide bonds. The zero-order valence-electron chi connectivity index (χ0n) is 89.4. The van der Waals surface area contributed by atoms with E-state index in [0.29, 0.717) is 12.0 Å². The molecule has 2 nitrogen and oxygen atoms in total. The molecule has 0 aromatic heterocycles. The molecular formula is C143H186O2. The SMILES string of the molecule is C1=CC2CC1C1C3C=CC(C3)C21.C1=CC2CC1C1C3CC(CC4CCCCC4)C(C3)C21.C1=CC2CC1C1C3CC(CCC4CCCCC4)C(C3)C21.C1=CC2CC1CC2CCCCc1ccccc1.C1=CC2CC1CC2CCCc1ccccc1.C1=CC2CC1CC2CCc1ccccc1.C1=CC2CC1CC2Cc1ccccc1.C1=CC2CC1CC2OCc1ccccc1.C=C(C)OCC1CC2CC1C1C3C=CC(C3)C21. The molecule has 5 aromatic carbocycles. The Bertz CT molecular complexity index is 5210. The van der Waals surface area contributed by atoms with Crippen LogP contribution in [-0.4, -0.2) is 12.7 Å². The fourth-order valence-electron chi connectivity index (χ4n) is 40.7. The summed E-state index contributed by atoms with van der Waals surface area (Å²) in [4.78, 5) is 0. The summed E-state index contributed by atoms with van der Waals surface area (Å²) in [6, 6.07) is 54.1. The topological polar surface area (TPSA) is 18.5 Å². The number of aryl methyl sites for hydroxylation is 3. The highest BCUT2D eigenvalue weighted by Gasteiger charge is 2.64. The summed E-state index contributed by atoms with van der Waals surface area (Å²) >= 11 is 0. The molecule has 26 bridgehead atoms. The molecule has 5 aromatic rings. The number of hydrogen-bond acceptors (Lipinski definition) is 2. The lowest BCUT2D eigenvalue weighted by Gasteiger charge is -2.38. The van der Waals surface area contributed by atoms with Crippen LogP contribution < -0.4 is 0 Å². The van der Waals surface area contributed by atoms with Crippen molar-refractivity contribution < 1.29 is 9.47 Å². The highest BCUT2D eigenvalue weighted by Crippen LogP contribution is 2.72. The van der Waals surface area contributed by atoms with Crippen molar-refractivity contribution in [2.45, 2.75) is 302 Å². The summed E-state index contributed by atoms with van der Waals surface area (Å²) in [5.41, 5.74) is 7.30. The van der Waals surface area contributed by atoms with Crippen LogP contribution in [0.1, 0.15) is 292 Å². The first-order valence-electron chi connectivity index (χ1n) is 62.5. The smallest absolute Gasteiger partial charge is 0.0907 e. The number of unbranched alkanes of at least 4 members (excludes halogenated alkanes) is 1. The molecule has 0 heterocycles. The van der Waals surface area contributed by atoms with Crippen LogP contribution in [0.4, 0.5) is 0 Å². The molecule has 0 aliphatic heterocycles.